The molecule has 0 aliphatic rings. The van der Waals surface area contributed by atoms with E-state index < -0.39 is 5.41 Å². The number of aliphatic hydroxyl groups is 3. The van der Waals surface area contributed by atoms with Gasteiger partial charge in [0.25, 0.3) is 0 Å². The van der Waals surface area contributed by atoms with Gasteiger partial charge in [-0.1, -0.05) is 76.9 Å². The number of hydrogen-bond acceptors (Lipinski definition) is 4. The Morgan fingerprint density at radius 3 is 1.57 bits per heavy atom. The lowest BCUT2D eigenvalue weighted by Gasteiger charge is -2.33. The van der Waals surface area contributed by atoms with Crippen LogP contribution in [-0.2, 0) is 4.74 Å². The van der Waals surface area contributed by atoms with Crippen molar-refractivity contribution in [1.82, 2.24) is 0 Å². The Bertz CT molecular complexity index is 331. The molecule has 0 rings (SSSR count). The Balaban J connectivity index is 3.41. The number of ether oxygens (including phenoxy) is 1. The third kappa shape index (κ3) is 13.7. The minimum atomic E-state index is -0.942. The summed E-state index contributed by atoms with van der Waals surface area (Å²) < 4.78 is 5.71. The molecule has 0 aromatic rings. The maximum Gasteiger partial charge on any atom is 0.0669 e. The van der Waals surface area contributed by atoms with Gasteiger partial charge in [-0.3, -0.25) is 0 Å². The molecule has 0 saturated heterocycles. The van der Waals surface area contributed by atoms with E-state index in [0.29, 0.717) is 6.61 Å². The molecule has 0 heterocycles. The summed E-state index contributed by atoms with van der Waals surface area (Å²) in [5.74, 6) is 0. The quantitative estimate of drug-likeness (QED) is 0.178. The first kappa shape index (κ1) is 27.6. The molecule has 0 aliphatic heterocycles. The molecule has 0 aliphatic carbocycles. The lowest BCUT2D eigenvalue weighted by atomic mass is 9.85. The van der Waals surface area contributed by atoms with Crippen molar-refractivity contribution in [1.29, 1.82) is 0 Å². The zero-order valence-corrected chi connectivity index (χ0v) is 18.7. The van der Waals surface area contributed by atoms with Gasteiger partial charge in [-0.05, 0) is 39.0 Å². The van der Waals surface area contributed by atoms with Crippen LogP contribution in [0.3, 0.4) is 0 Å². The first-order chi connectivity index (χ1) is 13.7. The van der Waals surface area contributed by atoms with E-state index in [9.17, 15) is 15.3 Å². The highest BCUT2D eigenvalue weighted by Crippen LogP contribution is 2.23. The van der Waals surface area contributed by atoms with Crippen LogP contribution in [0.15, 0.2) is 12.2 Å². The van der Waals surface area contributed by atoms with Gasteiger partial charge in [-0.15, -0.1) is 0 Å². The van der Waals surface area contributed by atoms with Crippen LogP contribution in [0.25, 0.3) is 0 Å². The van der Waals surface area contributed by atoms with Crippen molar-refractivity contribution in [2.45, 2.75) is 110 Å². The highest BCUT2D eigenvalue weighted by Gasteiger charge is 2.35. The number of allylic oxidation sites excluding steroid dienone is 2. The molecule has 4 nitrogen and oxygen atoms in total. The molecule has 28 heavy (non-hydrogen) atoms. The van der Waals surface area contributed by atoms with E-state index in [1.54, 1.807) is 0 Å². The van der Waals surface area contributed by atoms with E-state index >= 15 is 0 Å². The van der Waals surface area contributed by atoms with Crippen molar-refractivity contribution >= 4 is 0 Å². The van der Waals surface area contributed by atoms with Gasteiger partial charge in [0.15, 0.2) is 0 Å². The van der Waals surface area contributed by atoms with Gasteiger partial charge < -0.3 is 20.1 Å². The Kier molecular flexibility index (Phi) is 19.6. The Hall–Kier alpha value is -0.420. The molecule has 3 N–H and O–H groups in total. The van der Waals surface area contributed by atoms with Gasteiger partial charge >= 0.3 is 0 Å². The van der Waals surface area contributed by atoms with Crippen LogP contribution in [0.5, 0.6) is 0 Å². The third-order valence-electron chi connectivity index (χ3n) is 5.83. The van der Waals surface area contributed by atoms with E-state index in [4.69, 9.17) is 4.74 Å². The second-order valence-electron chi connectivity index (χ2n) is 8.29. The lowest BCUT2D eigenvalue weighted by molar-refractivity contribution is -0.106. The molecule has 0 radical (unpaired) electrons. The summed E-state index contributed by atoms with van der Waals surface area (Å²) in [5.41, 5.74) is -0.942. The van der Waals surface area contributed by atoms with Crippen LogP contribution in [-0.4, -0.2) is 47.9 Å². The molecule has 0 aromatic heterocycles. The van der Waals surface area contributed by atoms with Crippen LogP contribution in [0, 0.1) is 5.41 Å². The average molecular weight is 401 g/mol. The largest absolute Gasteiger partial charge is 0.396 e. The summed E-state index contributed by atoms with van der Waals surface area (Å²) >= 11 is 0. The number of hydrogen-bond donors (Lipinski definition) is 3. The first-order valence-electron chi connectivity index (χ1n) is 11.8. The van der Waals surface area contributed by atoms with Gasteiger partial charge in [0, 0.05) is 6.61 Å². The third-order valence-corrected chi connectivity index (χ3v) is 5.83. The molecule has 0 fully saturated rings. The zero-order chi connectivity index (χ0) is 20.9. The Morgan fingerprint density at radius 2 is 1.11 bits per heavy atom. The van der Waals surface area contributed by atoms with Gasteiger partial charge in [0.1, 0.15) is 0 Å². The summed E-state index contributed by atoms with van der Waals surface area (Å²) in [5, 5.41) is 28.2. The maximum absolute atomic E-state index is 9.39. The standard InChI is InChI=1S/C24H48O4/c1-3-4-5-6-7-8-9-10-11-12-13-14-15-16-17-18-19-28-23(2)24(20-25,21-26)22-27/h10-11,23,25-27H,3-9,12-22H2,1-2H3/b11-10-. The highest BCUT2D eigenvalue weighted by atomic mass is 16.5. The van der Waals surface area contributed by atoms with Crippen LogP contribution in [0.2, 0.25) is 0 Å². The van der Waals surface area contributed by atoms with Crippen molar-refractivity contribution in [3.8, 4) is 0 Å². The van der Waals surface area contributed by atoms with E-state index in [-0.39, 0.29) is 25.9 Å². The summed E-state index contributed by atoms with van der Waals surface area (Å²) in [7, 11) is 0. The summed E-state index contributed by atoms with van der Waals surface area (Å²) in [6.45, 7) is 3.88. The molecule has 0 spiro atoms. The monoisotopic (exact) mass is 400 g/mol. The number of unbranched alkanes of at least 4 members (excludes halogenated alkanes) is 12. The van der Waals surface area contributed by atoms with E-state index in [1.807, 2.05) is 6.92 Å². The van der Waals surface area contributed by atoms with Crippen LogP contribution < -0.4 is 0 Å². The second kappa shape index (κ2) is 19.9. The highest BCUT2D eigenvalue weighted by molar-refractivity contribution is 4.83. The average Bonchev–Trinajstić information content (AvgIpc) is 2.72. The summed E-state index contributed by atoms with van der Waals surface area (Å²) in [6.07, 6.45) is 22.3. The van der Waals surface area contributed by atoms with Crippen LogP contribution >= 0.6 is 0 Å². The fraction of sp³-hybridized carbons (Fsp3) is 0.917. The molecular formula is C24H48O4. The predicted octanol–water partition coefficient (Wildman–Crippen LogP) is 5.39. The number of rotatable bonds is 21. The van der Waals surface area contributed by atoms with Gasteiger partial charge in [0.2, 0.25) is 0 Å². The molecular weight excluding hydrogens is 352 g/mol. The molecule has 0 saturated carbocycles. The minimum absolute atomic E-state index is 0.269. The zero-order valence-electron chi connectivity index (χ0n) is 18.7. The fourth-order valence-corrected chi connectivity index (χ4v) is 3.32. The predicted molar refractivity (Wildman–Crippen MR) is 119 cm³/mol. The van der Waals surface area contributed by atoms with E-state index in [2.05, 4.69) is 19.1 Å². The lowest BCUT2D eigenvalue weighted by Crippen LogP contribution is -2.45. The number of aliphatic hydroxyl groups excluding tert-OH is 3. The first-order valence-corrected chi connectivity index (χ1v) is 11.8. The summed E-state index contributed by atoms with van der Waals surface area (Å²) in [4.78, 5) is 0. The molecule has 168 valence electrons. The molecule has 1 atom stereocenters. The van der Waals surface area contributed by atoms with Crippen molar-refractivity contribution in [2.24, 2.45) is 5.41 Å². The Morgan fingerprint density at radius 1 is 0.679 bits per heavy atom. The smallest absolute Gasteiger partial charge is 0.0669 e. The molecule has 4 heteroatoms. The van der Waals surface area contributed by atoms with Gasteiger partial charge in [-0.2, -0.15) is 0 Å². The fourth-order valence-electron chi connectivity index (χ4n) is 3.32. The van der Waals surface area contributed by atoms with E-state index in [1.165, 1.54) is 77.0 Å². The molecule has 0 aromatic carbocycles. The molecule has 0 amide bonds. The van der Waals surface area contributed by atoms with Crippen molar-refractivity contribution in [3.05, 3.63) is 12.2 Å². The molecule has 0 bridgehead atoms. The van der Waals surface area contributed by atoms with Crippen LogP contribution in [0.4, 0.5) is 0 Å². The van der Waals surface area contributed by atoms with Crippen molar-refractivity contribution in [3.63, 3.8) is 0 Å². The topological polar surface area (TPSA) is 69.9 Å². The maximum atomic E-state index is 9.39. The van der Waals surface area contributed by atoms with Gasteiger partial charge in [-0.25, -0.2) is 0 Å². The van der Waals surface area contributed by atoms with Crippen LogP contribution in [0.1, 0.15) is 104 Å². The van der Waals surface area contributed by atoms with Crippen molar-refractivity contribution < 1.29 is 20.1 Å². The SMILES string of the molecule is CCCCCCCC/C=C\CCCCCCCCOC(C)C(CO)(CO)CO. The Labute approximate surface area is 174 Å². The minimum Gasteiger partial charge on any atom is -0.396 e. The second-order valence-corrected chi connectivity index (χ2v) is 8.29. The van der Waals surface area contributed by atoms with Gasteiger partial charge in [0.05, 0.1) is 31.3 Å². The summed E-state index contributed by atoms with van der Waals surface area (Å²) in [6, 6.07) is 0. The normalized spacial score (nSPS) is 13.5. The van der Waals surface area contributed by atoms with Crippen molar-refractivity contribution in [2.75, 3.05) is 26.4 Å². The van der Waals surface area contributed by atoms with E-state index in [0.717, 1.165) is 12.8 Å². The molecule has 1 unspecified atom stereocenters.